The van der Waals surface area contributed by atoms with Crippen molar-refractivity contribution in [2.45, 2.75) is 23.1 Å². The first kappa shape index (κ1) is 15.6. The van der Waals surface area contributed by atoms with Crippen molar-refractivity contribution in [2.24, 2.45) is 0 Å². The molecular formula is C18H18N2O2S. The van der Waals surface area contributed by atoms with Gasteiger partial charge in [-0.05, 0) is 24.6 Å². The van der Waals surface area contributed by atoms with E-state index in [-0.39, 0.29) is 11.8 Å². The molecule has 3 rings (SSSR count). The maximum Gasteiger partial charge on any atom is 0.250 e. The maximum absolute atomic E-state index is 12.9. The Morgan fingerprint density at radius 3 is 2.52 bits per heavy atom. The molecule has 5 heteroatoms. The van der Waals surface area contributed by atoms with Gasteiger partial charge >= 0.3 is 0 Å². The number of amides is 2. The summed E-state index contributed by atoms with van der Waals surface area (Å²) in [4.78, 5) is 27.9. The monoisotopic (exact) mass is 326 g/mol. The largest absolute Gasteiger partial charge is 0.340 e. The molecule has 0 spiro atoms. The van der Waals surface area contributed by atoms with Crippen molar-refractivity contribution in [3.63, 3.8) is 0 Å². The number of rotatable bonds is 3. The zero-order valence-electron chi connectivity index (χ0n) is 13.1. The van der Waals surface area contributed by atoms with Crippen LogP contribution in [-0.4, -0.2) is 28.5 Å². The summed E-state index contributed by atoms with van der Waals surface area (Å²) in [7, 11) is 1.73. The van der Waals surface area contributed by atoms with Gasteiger partial charge in [-0.15, -0.1) is 0 Å². The average Bonchev–Trinajstić information content (AvgIpc) is 2.56. The Bertz CT molecular complexity index is 748. The highest BCUT2D eigenvalue weighted by Crippen LogP contribution is 2.43. The number of hydrogen-bond donors (Lipinski definition) is 1. The predicted molar refractivity (Wildman–Crippen MR) is 92.2 cm³/mol. The summed E-state index contributed by atoms with van der Waals surface area (Å²) in [5, 5.41) is 2.84. The van der Waals surface area contributed by atoms with Gasteiger partial charge in [-0.2, -0.15) is 0 Å². The first-order chi connectivity index (χ1) is 11.0. The number of fused-ring (bicyclic) bond motifs is 1. The van der Waals surface area contributed by atoms with Crippen molar-refractivity contribution in [1.29, 1.82) is 0 Å². The molecule has 0 radical (unpaired) electrons. The molecule has 1 heterocycles. The van der Waals surface area contributed by atoms with Gasteiger partial charge in [0.25, 0.3) is 0 Å². The zero-order valence-corrected chi connectivity index (χ0v) is 13.9. The summed E-state index contributed by atoms with van der Waals surface area (Å²) in [5.74, 6) is -0.468. The molecule has 0 saturated carbocycles. The van der Waals surface area contributed by atoms with E-state index in [1.165, 1.54) is 11.8 Å². The van der Waals surface area contributed by atoms with E-state index in [4.69, 9.17) is 0 Å². The van der Waals surface area contributed by atoms with Crippen molar-refractivity contribution in [2.75, 3.05) is 12.4 Å². The van der Waals surface area contributed by atoms with Crippen LogP contribution in [0, 0.1) is 0 Å². The summed E-state index contributed by atoms with van der Waals surface area (Å²) in [5.41, 5.74) is 1.80. The van der Waals surface area contributed by atoms with E-state index in [9.17, 15) is 9.59 Å². The highest BCUT2D eigenvalue weighted by atomic mass is 32.2. The molecule has 0 saturated heterocycles. The number of carbonyl (C=O) groups excluding carboxylic acids is 2. The second-order valence-electron chi connectivity index (χ2n) is 5.73. The number of nitrogens with zero attached hydrogens (tertiary/aromatic N) is 1. The maximum atomic E-state index is 12.9. The summed E-state index contributed by atoms with van der Waals surface area (Å²) >= 11 is 1.31. The van der Waals surface area contributed by atoms with Crippen molar-refractivity contribution in [3.05, 3.63) is 60.2 Å². The first-order valence-electron chi connectivity index (χ1n) is 7.40. The first-order valence-corrected chi connectivity index (χ1v) is 8.21. The van der Waals surface area contributed by atoms with Crippen LogP contribution in [-0.2, 0) is 16.1 Å². The summed E-state index contributed by atoms with van der Waals surface area (Å²) in [6, 6.07) is 17.3. The Morgan fingerprint density at radius 2 is 1.78 bits per heavy atom. The molecule has 1 aliphatic rings. The van der Waals surface area contributed by atoms with E-state index >= 15 is 0 Å². The van der Waals surface area contributed by atoms with Gasteiger partial charge in [-0.3, -0.25) is 9.59 Å². The zero-order chi connectivity index (χ0) is 16.4. The van der Waals surface area contributed by atoms with Crippen LogP contribution < -0.4 is 5.32 Å². The lowest BCUT2D eigenvalue weighted by atomic mass is 10.1. The van der Waals surface area contributed by atoms with Gasteiger partial charge in [-0.25, -0.2) is 0 Å². The third kappa shape index (κ3) is 2.97. The highest BCUT2D eigenvalue weighted by Gasteiger charge is 2.47. The number of hydrogen-bond acceptors (Lipinski definition) is 3. The molecule has 0 aromatic heterocycles. The summed E-state index contributed by atoms with van der Waals surface area (Å²) in [6.45, 7) is 2.16. The minimum atomic E-state index is -1.15. The number of thioether (sulfide) groups is 1. The molecule has 1 N–H and O–H groups in total. The van der Waals surface area contributed by atoms with E-state index in [2.05, 4.69) is 5.32 Å². The fourth-order valence-corrected chi connectivity index (χ4v) is 3.80. The lowest BCUT2D eigenvalue weighted by molar-refractivity contribution is -0.137. The molecule has 1 atom stereocenters. The van der Waals surface area contributed by atoms with Gasteiger partial charge in [0.05, 0.1) is 5.69 Å². The van der Waals surface area contributed by atoms with Crippen molar-refractivity contribution < 1.29 is 9.59 Å². The fourth-order valence-electron chi connectivity index (χ4n) is 2.60. The molecule has 0 aliphatic carbocycles. The minimum Gasteiger partial charge on any atom is -0.340 e. The lowest BCUT2D eigenvalue weighted by Gasteiger charge is -2.34. The van der Waals surface area contributed by atoms with E-state index in [0.29, 0.717) is 6.54 Å². The Kier molecular flexibility index (Phi) is 4.13. The second kappa shape index (κ2) is 6.08. The molecule has 1 aliphatic heterocycles. The van der Waals surface area contributed by atoms with Gasteiger partial charge in [0.1, 0.15) is 0 Å². The van der Waals surface area contributed by atoms with Crippen molar-refractivity contribution >= 4 is 29.3 Å². The van der Waals surface area contributed by atoms with E-state index in [0.717, 1.165) is 16.1 Å². The fraction of sp³-hybridized carbons (Fsp3) is 0.222. The van der Waals surface area contributed by atoms with E-state index in [1.807, 2.05) is 54.6 Å². The summed E-state index contributed by atoms with van der Waals surface area (Å²) in [6.07, 6.45) is 0. The van der Waals surface area contributed by atoms with Crippen LogP contribution in [0.4, 0.5) is 5.69 Å². The Morgan fingerprint density at radius 1 is 1.13 bits per heavy atom. The molecule has 0 fully saturated rings. The van der Waals surface area contributed by atoms with Gasteiger partial charge < -0.3 is 10.2 Å². The Balaban J connectivity index is 1.82. The summed E-state index contributed by atoms with van der Waals surface area (Å²) < 4.78 is -1.15. The predicted octanol–water partition coefficient (Wildman–Crippen LogP) is 3.15. The van der Waals surface area contributed by atoms with Gasteiger partial charge in [0.2, 0.25) is 11.8 Å². The minimum absolute atomic E-state index is 0.196. The quantitative estimate of drug-likeness (QED) is 0.882. The number of carbonyl (C=O) groups is 2. The lowest BCUT2D eigenvalue weighted by Crippen LogP contribution is -2.52. The molecule has 23 heavy (non-hydrogen) atoms. The van der Waals surface area contributed by atoms with Crippen LogP contribution in [0.25, 0.3) is 0 Å². The normalized spacial score (nSPS) is 19.7. The molecule has 0 bridgehead atoms. The number of anilines is 1. The van der Waals surface area contributed by atoms with Crippen LogP contribution in [0.15, 0.2) is 59.5 Å². The van der Waals surface area contributed by atoms with Crippen LogP contribution in [0.5, 0.6) is 0 Å². The van der Waals surface area contributed by atoms with Gasteiger partial charge in [0.15, 0.2) is 4.75 Å². The molecule has 118 valence electrons. The molecule has 1 unspecified atom stereocenters. The number of para-hydroxylation sites is 1. The molecular weight excluding hydrogens is 308 g/mol. The highest BCUT2D eigenvalue weighted by molar-refractivity contribution is 8.02. The van der Waals surface area contributed by atoms with Crippen molar-refractivity contribution in [3.8, 4) is 0 Å². The number of nitrogens with one attached hydrogen (secondary N) is 1. The SMILES string of the molecule is CN(Cc1ccccc1)C(=O)C1(C)Sc2ccccc2NC1=O. The van der Waals surface area contributed by atoms with Crippen LogP contribution >= 0.6 is 11.8 Å². The molecule has 2 aromatic rings. The Labute approximate surface area is 139 Å². The standard InChI is InChI=1S/C18H18N2O2S/c1-18(16(21)19-14-10-6-7-11-15(14)23-18)17(22)20(2)12-13-8-4-3-5-9-13/h3-11H,12H2,1-2H3,(H,19,21). The average molecular weight is 326 g/mol. The van der Waals surface area contributed by atoms with Gasteiger partial charge in [-0.1, -0.05) is 54.2 Å². The van der Waals surface area contributed by atoms with E-state index < -0.39 is 4.75 Å². The third-order valence-electron chi connectivity index (χ3n) is 3.90. The third-order valence-corrected chi connectivity index (χ3v) is 5.24. The molecule has 4 nitrogen and oxygen atoms in total. The van der Waals surface area contributed by atoms with Crippen molar-refractivity contribution in [1.82, 2.24) is 4.90 Å². The van der Waals surface area contributed by atoms with Crippen LogP contribution in [0.3, 0.4) is 0 Å². The topological polar surface area (TPSA) is 49.4 Å². The van der Waals surface area contributed by atoms with Gasteiger partial charge in [0, 0.05) is 18.5 Å². The second-order valence-corrected chi connectivity index (χ2v) is 7.19. The number of benzene rings is 2. The van der Waals surface area contributed by atoms with Crippen LogP contribution in [0.1, 0.15) is 12.5 Å². The smallest absolute Gasteiger partial charge is 0.250 e. The van der Waals surface area contributed by atoms with E-state index in [1.54, 1.807) is 18.9 Å². The Hall–Kier alpha value is -2.27. The molecule has 2 aromatic carbocycles. The van der Waals surface area contributed by atoms with Crippen LogP contribution in [0.2, 0.25) is 0 Å². The molecule has 2 amide bonds.